The van der Waals surface area contributed by atoms with Crippen molar-refractivity contribution < 1.29 is 17.9 Å². The molecule has 0 amide bonds. The lowest BCUT2D eigenvalue weighted by molar-refractivity contribution is -0.138. The molecule has 0 saturated heterocycles. The van der Waals surface area contributed by atoms with E-state index in [0.717, 1.165) is 10.8 Å². The molecule has 3 aromatic rings. The molecule has 3 rings (SSSR count). The van der Waals surface area contributed by atoms with Gasteiger partial charge in [-0.1, -0.05) is 35.6 Å². The molecule has 0 radical (unpaired) electrons. The van der Waals surface area contributed by atoms with Gasteiger partial charge in [-0.3, -0.25) is 0 Å². The molecule has 120 valence electrons. The summed E-state index contributed by atoms with van der Waals surface area (Å²) in [5, 5.41) is 0.388. The minimum atomic E-state index is -4.43. The first kappa shape index (κ1) is 15.6. The number of fused-ring (bicyclic) bond motifs is 1. The third-order valence-corrected chi connectivity index (χ3v) is 4.26. The minimum Gasteiger partial charge on any atom is -0.484 e. The van der Waals surface area contributed by atoms with Gasteiger partial charge in [0.1, 0.15) is 17.4 Å². The second-order valence-electron chi connectivity index (χ2n) is 5.00. The SMILES string of the molecule is CC(Oc1cccc2sc(N)nc12)c1ccccc1C(F)(F)F. The molecular weight excluding hydrogens is 325 g/mol. The second-order valence-corrected chi connectivity index (χ2v) is 6.06. The van der Waals surface area contributed by atoms with Crippen molar-refractivity contribution in [2.45, 2.75) is 19.2 Å². The Labute approximate surface area is 134 Å². The summed E-state index contributed by atoms with van der Waals surface area (Å²) < 4.78 is 45.9. The summed E-state index contributed by atoms with van der Waals surface area (Å²) in [6.07, 6.45) is -5.20. The van der Waals surface area contributed by atoms with Gasteiger partial charge in [-0.05, 0) is 25.1 Å². The van der Waals surface area contributed by atoms with Crippen molar-refractivity contribution in [1.82, 2.24) is 4.98 Å². The average molecular weight is 338 g/mol. The molecule has 0 saturated carbocycles. The van der Waals surface area contributed by atoms with Gasteiger partial charge in [0.15, 0.2) is 5.13 Å². The summed E-state index contributed by atoms with van der Waals surface area (Å²) in [7, 11) is 0. The van der Waals surface area contributed by atoms with E-state index >= 15 is 0 Å². The number of thiazole rings is 1. The second kappa shape index (κ2) is 5.73. The fraction of sp³-hybridized carbons (Fsp3) is 0.188. The van der Waals surface area contributed by atoms with Crippen molar-refractivity contribution in [3.63, 3.8) is 0 Å². The molecule has 1 unspecified atom stereocenters. The van der Waals surface area contributed by atoms with E-state index in [9.17, 15) is 13.2 Å². The maximum Gasteiger partial charge on any atom is 0.416 e. The van der Waals surface area contributed by atoms with Crippen molar-refractivity contribution in [3.8, 4) is 5.75 Å². The number of nitrogen functional groups attached to an aromatic ring is 1. The van der Waals surface area contributed by atoms with Gasteiger partial charge in [0, 0.05) is 5.56 Å². The molecule has 1 aromatic heterocycles. The number of hydrogen-bond acceptors (Lipinski definition) is 4. The number of halogens is 3. The highest BCUT2D eigenvalue weighted by Crippen LogP contribution is 2.37. The van der Waals surface area contributed by atoms with Crippen molar-refractivity contribution >= 4 is 26.7 Å². The van der Waals surface area contributed by atoms with E-state index < -0.39 is 17.8 Å². The van der Waals surface area contributed by atoms with Crippen LogP contribution in [0.2, 0.25) is 0 Å². The predicted molar refractivity (Wildman–Crippen MR) is 84.5 cm³/mol. The van der Waals surface area contributed by atoms with Crippen LogP contribution >= 0.6 is 11.3 Å². The van der Waals surface area contributed by atoms with E-state index in [0.29, 0.717) is 16.4 Å². The number of rotatable bonds is 3. The summed E-state index contributed by atoms with van der Waals surface area (Å²) in [5.74, 6) is 0.417. The predicted octanol–water partition coefficient (Wildman–Crippen LogP) is 5.04. The van der Waals surface area contributed by atoms with Gasteiger partial charge >= 0.3 is 6.18 Å². The molecule has 2 N–H and O–H groups in total. The molecule has 0 spiro atoms. The van der Waals surface area contributed by atoms with Crippen molar-refractivity contribution in [2.24, 2.45) is 0 Å². The highest BCUT2D eigenvalue weighted by atomic mass is 32.1. The van der Waals surface area contributed by atoms with Crippen LogP contribution in [0.1, 0.15) is 24.2 Å². The van der Waals surface area contributed by atoms with E-state index in [2.05, 4.69) is 4.98 Å². The van der Waals surface area contributed by atoms with Crippen LogP contribution in [0.5, 0.6) is 5.75 Å². The van der Waals surface area contributed by atoms with Crippen LogP contribution in [0.15, 0.2) is 42.5 Å². The highest BCUT2D eigenvalue weighted by molar-refractivity contribution is 7.22. The van der Waals surface area contributed by atoms with Gasteiger partial charge < -0.3 is 10.5 Å². The quantitative estimate of drug-likeness (QED) is 0.728. The molecule has 0 bridgehead atoms. The first-order chi connectivity index (χ1) is 10.9. The molecule has 0 aliphatic heterocycles. The summed E-state index contributed by atoms with van der Waals surface area (Å²) in [6.45, 7) is 1.58. The van der Waals surface area contributed by atoms with Gasteiger partial charge in [-0.2, -0.15) is 13.2 Å². The molecule has 3 nitrogen and oxygen atoms in total. The lowest BCUT2D eigenvalue weighted by Crippen LogP contribution is -2.13. The van der Waals surface area contributed by atoms with E-state index in [1.54, 1.807) is 25.1 Å². The number of nitrogens with two attached hydrogens (primary N) is 1. The lowest BCUT2D eigenvalue weighted by Gasteiger charge is -2.19. The first-order valence-electron chi connectivity index (χ1n) is 6.84. The molecule has 23 heavy (non-hydrogen) atoms. The fourth-order valence-electron chi connectivity index (χ4n) is 2.40. The van der Waals surface area contributed by atoms with Gasteiger partial charge in [0.25, 0.3) is 0 Å². The van der Waals surface area contributed by atoms with E-state index in [-0.39, 0.29) is 5.56 Å². The molecule has 0 aliphatic carbocycles. The number of nitrogens with zero attached hydrogens (tertiary/aromatic N) is 1. The smallest absolute Gasteiger partial charge is 0.416 e. The van der Waals surface area contributed by atoms with Gasteiger partial charge in [-0.15, -0.1) is 0 Å². The van der Waals surface area contributed by atoms with Gasteiger partial charge in [0.05, 0.1) is 10.3 Å². The Bertz CT molecular complexity index is 845. The number of aromatic nitrogens is 1. The zero-order valence-electron chi connectivity index (χ0n) is 12.1. The van der Waals surface area contributed by atoms with Gasteiger partial charge in [0.2, 0.25) is 0 Å². The van der Waals surface area contributed by atoms with Crippen LogP contribution in [0.3, 0.4) is 0 Å². The van der Waals surface area contributed by atoms with Crippen LogP contribution in [-0.2, 0) is 6.18 Å². The van der Waals surface area contributed by atoms with Crippen molar-refractivity contribution in [3.05, 3.63) is 53.6 Å². The normalized spacial score (nSPS) is 13.2. The molecule has 0 fully saturated rings. The Morgan fingerprint density at radius 3 is 2.61 bits per heavy atom. The summed E-state index contributed by atoms with van der Waals surface area (Å²) in [5.41, 5.74) is 5.63. The molecule has 2 aromatic carbocycles. The number of anilines is 1. The van der Waals surface area contributed by atoms with Crippen molar-refractivity contribution in [1.29, 1.82) is 0 Å². The topological polar surface area (TPSA) is 48.1 Å². The Morgan fingerprint density at radius 2 is 1.87 bits per heavy atom. The van der Waals surface area contributed by atoms with Crippen molar-refractivity contribution in [2.75, 3.05) is 5.73 Å². The molecular formula is C16H13F3N2OS. The first-order valence-corrected chi connectivity index (χ1v) is 7.65. The van der Waals surface area contributed by atoms with Crippen LogP contribution in [0.4, 0.5) is 18.3 Å². The Hall–Kier alpha value is -2.28. The number of para-hydroxylation sites is 1. The van der Waals surface area contributed by atoms with E-state index in [1.807, 2.05) is 6.07 Å². The molecule has 1 atom stereocenters. The van der Waals surface area contributed by atoms with Crippen LogP contribution in [0, 0.1) is 0 Å². The Balaban J connectivity index is 1.97. The Morgan fingerprint density at radius 1 is 1.13 bits per heavy atom. The minimum absolute atomic E-state index is 0.0835. The fourth-order valence-corrected chi connectivity index (χ4v) is 3.15. The van der Waals surface area contributed by atoms with Gasteiger partial charge in [-0.25, -0.2) is 4.98 Å². The zero-order chi connectivity index (χ0) is 16.6. The van der Waals surface area contributed by atoms with E-state index in [1.165, 1.54) is 23.5 Å². The van der Waals surface area contributed by atoms with E-state index in [4.69, 9.17) is 10.5 Å². The van der Waals surface area contributed by atoms with Crippen LogP contribution in [0.25, 0.3) is 10.2 Å². The summed E-state index contributed by atoms with van der Waals surface area (Å²) in [6, 6.07) is 10.7. The Kier molecular flexibility index (Phi) is 3.89. The number of alkyl halides is 3. The summed E-state index contributed by atoms with van der Waals surface area (Å²) >= 11 is 1.30. The van der Waals surface area contributed by atoms with Crippen LogP contribution < -0.4 is 10.5 Å². The third-order valence-electron chi connectivity index (χ3n) is 3.41. The van der Waals surface area contributed by atoms with Crippen LogP contribution in [-0.4, -0.2) is 4.98 Å². The third kappa shape index (κ3) is 3.10. The summed E-state index contributed by atoms with van der Waals surface area (Å²) in [4.78, 5) is 4.18. The lowest BCUT2D eigenvalue weighted by atomic mass is 10.0. The molecule has 0 aliphatic rings. The maximum absolute atomic E-state index is 13.1. The average Bonchev–Trinajstić information content (AvgIpc) is 2.88. The maximum atomic E-state index is 13.1. The largest absolute Gasteiger partial charge is 0.484 e. The molecule has 7 heteroatoms. The monoisotopic (exact) mass is 338 g/mol. The number of ether oxygens (including phenoxy) is 1. The highest BCUT2D eigenvalue weighted by Gasteiger charge is 2.34. The number of benzene rings is 2. The zero-order valence-corrected chi connectivity index (χ0v) is 12.9. The standard InChI is InChI=1S/C16H13F3N2OS/c1-9(10-5-2-3-6-11(10)16(17,18)19)22-12-7-4-8-13-14(12)21-15(20)23-13/h2-9H,1H3,(H2,20,21). The number of hydrogen-bond donors (Lipinski definition) is 1. The molecule has 1 heterocycles.